The summed E-state index contributed by atoms with van der Waals surface area (Å²) < 4.78 is 12.8. The maximum absolute atomic E-state index is 12.7. The number of nitriles is 1. The van der Waals surface area contributed by atoms with Gasteiger partial charge in [-0.2, -0.15) is 10.4 Å². The number of halogens is 1. The molecule has 7 nitrogen and oxygen atoms in total. The van der Waals surface area contributed by atoms with Crippen LogP contribution in [0.25, 0.3) is 0 Å². The molecule has 1 heterocycles. The predicted octanol–water partition coefficient (Wildman–Crippen LogP) is 4.60. The van der Waals surface area contributed by atoms with Gasteiger partial charge >= 0.3 is 0 Å². The van der Waals surface area contributed by atoms with Gasteiger partial charge in [-0.1, -0.05) is 29.8 Å². The highest BCUT2D eigenvalue weighted by atomic mass is 35.5. The lowest BCUT2D eigenvalue weighted by molar-refractivity contribution is 0.102. The second kappa shape index (κ2) is 9.81. The summed E-state index contributed by atoms with van der Waals surface area (Å²) in [7, 11) is 1.51. The molecule has 0 atom stereocenters. The van der Waals surface area contributed by atoms with Gasteiger partial charge in [0.15, 0.2) is 11.5 Å². The largest absolute Gasteiger partial charge is 0.493 e. The van der Waals surface area contributed by atoms with E-state index in [9.17, 15) is 4.79 Å². The van der Waals surface area contributed by atoms with Crippen molar-refractivity contribution in [2.45, 2.75) is 26.5 Å². The second-order valence-corrected chi connectivity index (χ2v) is 6.91. The Kier molecular flexibility index (Phi) is 6.94. The number of aryl methyl sites for hydroxylation is 2. The summed E-state index contributed by atoms with van der Waals surface area (Å²) in [6.45, 7) is 2.50. The Hall–Kier alpha value is -3.50. The molecular weight excluding hydrogens is 404 g/mol. The monoisotopic (exact) mass is 424 g/mol. The predicted molar refractivity (Wildman–Crippen MR) is 114 cm³/mol. The van der Waals surface area contributed by atoms with Crippen molar-refractivity contribution >= 4 is 23.3 Å². The first kappa shape index (κ1) is 21.2. The van der Waals surface area contributed by atoms with E-state index in [0.29, 0.717) is 40.9 Å². The van der Waals surface area contributed by atoms with Gasteiger partial charge in [0.2, 0.25) is 0 Å². The highest BCUT2D eigenvalue weighted by Crippen LogP contribution is 2.30. The van der Waals surface area contributed by atoms with Crippen molar-refractivity contribution < 1.29 is 14.3 Å². The maximum atomic E-state index is 12.7. The molecule has 8 heteroatoms. The van der Waals surface area contributed by atoms with Gasteiger partial charge in [0.25, 0.3) is 5.91 Å². The molecule has 0 radical (unpaired) electrons. The van der Waals surface area contributed by atoms with Crippen LogP contribution in [0.2, 0.25) is 5.02 Å². The Morgan fingerprint density at radius 3 is 2.77 bits per heavy atom. The normalized spacial score (nSPS) is 10.3. The third-order valence-corrected chi connectivity index (χ3v) is 4.71. The van der Waals surface area contributed by atoms with Gasteiger partial charge in [-0.25, -0.2) is 4.68 Å². The van der Waals surface area contributed by atoms with Crippen molar-refractivity contribution in [1.29, 1.82) is 5.26 Å². The smallest absolute Gasteiger partial charge is 0.256 e. The number of benzene rings is 2. The molecule has 3 aromatic rings. The van der Waals surface area contributed by atoms with Crippen LogP contribution < -0.4 is 14.8 Å². The molecule has 0 fully saturated rings. The van der Waals surface area contributed by atoms with E-state index >= 15 is 0 Å². The van der Waals surface area contributed by atoms with E-state index in [1.807, 2.05) is 25.1 Å². The van der Waals surface area contributed by atoms with Crippen LogP contribution in [0, 0.1) is 18.3 Å². The van der Waals surface area contributed by atoms with E-state index in [0.717, 1.165) is 11.3 Å². The summed E-state index contributed by atoms with van der Waals surface area (Å²) in [5.41, 5.74) is 2.01. The molecule has 0 spiro atoms. The molecular formula is C22H21ClN4O3. The van der Waals surface area contributed by atoms with E-state index in [2.05, 4.69) is 16.5 Å². The molecule has 0 aliphatic carbocycles. The Morgan fingerprint density at radius 2 is 2.03 bits per heavy atom. The lowest BCUT2D eigenvalue weighted by Crippen LogP contribution is -2.16. The van der Waals surface area contributed by atoms with Crippen LogP contribution in [-0.2, 0) is 13.2 Å². The molecule has 0 saturated heterocycles. The van der Waals surface area contributed by atoms with Gasteiger partial charge in [0, 0.05) is 22.2 Å². The van der Waals surface area contributed by atoms with Crippen molar-refractivity contribution in [2.24, 2.45) is 0 Å². The van der Waals surface area contributed by atoms with E-state index in [1.165, 1.54) is 7.11 Å². The number of methoxy groups -OCH3 is 1. The number of nitrogens with zero attached hydrogens (tertiary/aromatic N) is 3. The van der Waals surface area contributed by atoms with E-state index in [-0.39, 0.29) is 12.5 Å². The molecule has 0 saturated carbocycles. The Balaban J connectivity index is 1.73. The number of anilines is 1. The molecule has 1 N–H and O–H groups in total. The zero-order valence-corrected chi connectivity index (χ0v) is 17.4. The Morgan fingerprint density at radius 1 is 1.23 bits per heavy atom. The van der Waals surface area contributed by atoms with Crippen molar-refractivity contribution in [3.05, 3.63) is 70.4 Å². The van der Waals surface area contributed by atoms with Crippen LogP contribution in [0.1, 0.15) is 28.0 Å². The molecule has 154 valence electrons. The topological polar surface area (TPSA) is 89.2 Å². The lowest BCUT2D eigenvalue weighted by atomic mass is 10.2. The second-order valence-electron chi connectivity index (χ2n) is 6.50. The number of carbonyl (C=O) groups is 1. The fraction of sp³-hybridized carbons (Fsp3) is 0.227. The number of amides is 1. The first-order valence-corrected chi connectivity index (χ1v) is 9.66. The maximum Gasteiger partial charge on any atom is 0.256 e. The van der Waals surface area contributed by atoms with E-state index in [1.54, 1.807) is 35.0 Å². The average Bonchev–Trinajstić information content (AvgIpc) is 3.10. The third-order valence-electron chi connectivity index (χ3n) is 4.35. The standard InChI is InChI=1S/C22H21ClN4O3/c1-15-12-21(27(26-15)11-5-10-24)25-22(28)16-8-9-19(20(13-16)29-2)30-14-17-6-3-4-7-18(17)23/h3-4,6-9,12-13H,5,11,14H2,1-2H3,(H,25,28). The van der Waals surface area contributed by atoms with Crippen LogP contribution in [-0.4, -0.2) is 22.8 Å². The minimum atomic E-state index is -0.316. The van der Waals surface area contributed by atoms with Crippen LogP contribution in [0.5, 0.6) is 11.5 Å². The molecule has 0 aliphatic heterocycles. The zero-order valence-electron chi connectivity index (χ0n) is 16.7. The number of carbonyl (C=O) groups excluding carboxylic acids is 1. The van der Waals surface area contributed by atoms with Gasteiger partial charge in [0.1, 0.15) is 12.4 Å². The highest BCUT2D eigenvalue weighted by molar-refractivity contribution is 6.31. The van der Waals surface area contributed by atoms with Gasteiger partial charge in [-0.3, -0.25) is 4.79 Å². The molecule has 3 rings (SSSR count). The number of hydrogen-bond donors (Lipinski definition) is 1. The SMILES string of the molecule is COc1cc(C(=O)Nc2cc(C)nn2CCC#N)ccc1OCc1ccccc1Cl. The van der Waals surface area contributed by atoms with Crippen LogP contribution >= 0.6 is 11.6 Å². The van der Waals surface area contributed by atoms with Gasteiger partial charge in [-0.15, -0.1) is 0 Å². The Bertz CT molecular complexity index is 1090. The summed E-state index contributed by atoms with van der Waals surface area (Å²) in [5.74, 6) is 1.16. The number of hydrogen-bond acceptors (Lipinski definition) is 5. The van der Waals surface area contributed by atoms with Gasteiger partial charge in [-0.05, 0) is 31.2 Å². The van der Waals surface area contributed by atoms with Crippen molar-refractivity contribution in [3.63, 3.8) is 0 Å². The first-order valence-electron chi connectivity index (χ1n) is 9.29. The fourth-order valence-electron chi connectivity index (χ4n) is 2.86. The first-order chi connectivity index (χ1) is 14.5. The van der Waals surface area contributed by atoms with Crippen molar-refractivity contribution in [2.75, 3.05) is 12.4 Å². The molecule has 0 unspecified atom stereocenters. The van der Waals surface area contributed by atoms with E-state index < -0.39 is 0 Å². The summed E-state index contributed by atoms with van der Waals surface area (Å²) in [4.78, 5) is 12.7. The molecule has 0 bridgehead atoms. The number of ether oxygens (including phenoxy) is 2. The minimum absolute atomic E-state index is 0.277. The third kappa shape index (κ3) is 5.10. The summed E-state index contributed by atoms with van der Waals surface area (Å²) in [5, 5.41) is 16.5. The lowest BCUT2D eigenvalue weighted by Gasteiger charge is -2.13. The van der Waals surface area contributed by atoms with Gasteiger partial charge < -0.3 is 14.8 Å². The van der Waals surface area contributed by atoms with E-state index in [4.69, 9.17) is 26.3 Å². The minimum Gasteiger partial charge on any atom is -0.493 e. The number of aromatic nitrogens is 2. The number of rotatable bonds is 8. The molecule has 1 aromatic heterocycles. The zero-order chi connectivity index (χ0) is 21.5. The van der Waals surface area contributed by atoms with Crippen LogP contribution in [0.3, 0.4) is 0 Å². The van der Waals surface area contributed by atoms with Crippen molar-refractivity contribution in [1.82, 2.24) is 9.78 Å². The average molecular weight is 425 g/mol. The summed E-state index contributed by atoms with van der Waals surface area (Å²) in [6, 6.07) is 16.2. The fourth-order valence-corrected chi connectivity index (χ4v) is 3.05. The summed E-state index contributed by atoms with van der Waals surface area (Å²) >= 11 is 6.17. The molecule has 1 amide bonds. The number of nitrogens with one attached hydrogen (secondary N) is 1. The van der Waals surface area contributed by atoms with Crippen molar-refractivity contribution in [3.8, 4) is 17.6 Å². The molecule has 0 aliphatic rings. The quantitative estimate of drug-likeness (QED) is 0.570. The van der Waals surface area contributed by atoms with Crippen LogP contribution in [0.15, 0.2) is 48.5 Å². The summed E-state index contributed by atoms with van der Waals surface area (Å²) in [6.07, 6.45) is 0.301. The molecule has 30 heavy (non-hydrogen) atoms. The highest BCUT2D eigenvalue weighted by Gasteiger charge is 2.14. The van der Waals surface area contributed by atoms with Gasteiger partial charge in [0.05, 0.1) is 31.8 Å². The Labute approximate surface area is 179 Å². The van der Waals surface area contributed by atoms with Crippen LogP contribution in [0.4, 0.5) is 5.82 Å². The molecule has 2 aromatic carbocycles.